The number of carbonyl (C=O) groups excluding carboxylic acids is 2. The third-order valence-corrected chi connectivity index (χ3v) is 5.58. The van der Waals surface area contributed by atoms with E-state index >= 15 is 0 Å². The highest BCUT2D eigenvalue weighted by Crippen LogP contribution is 2.35. The Morgan fingerprint density at radius 3 is 2.57 bits per heavy atom. The standard InChI is InChI=1S/C21H26N2O5/c1-12(2)14-9-8-13(3)10-17(14)28-18(24)11-23-20(25)16-7-5-4-6-15(16)19(22-23)21(26)27/h4-7,12-14,17H,8-11H2,1-3H3,(H,26,27)/p-1/t13-,14+,17-/m1/s1. The zero-order valence-corrected chi connectivity index (χ0v) is 16.4. The summed E-state index contributed by atoms with van der Waals surface area (Å²) in [6, 6.07) is 6.24. The van der Waals surface area contributed by atoms with Gasteiger partial charge >= 0.3 is 5.97 Å². The summed E-state index contributed by atoms with van der Waals surface area (Å²) in [5.74, 6) is -0.950. The molecule has 0 radical (unpaired) electrons. The summed E-state index contributed by atoms with van der Waals surface area (Å²) in [5.41, 5.74) is -0.899. The number of hydrogen-bond donors (Lipinski definition) is 0. The molecule has 1 aromatic carbocycles. The van der Waals surface area contributed by atoms with Gasteiger partial charge in [-0.25, -0.2) is 4.68 Å². The molecule has 0 spiro atoms. The first kappa shape index (κ1) is 20.0. The van der Waals surface area contributed by atoms with Crippen molar-refractivity contribution in [1.82, 2.24) is 9.78 Å². The smallest absolute Gasteiger partial charge is 0.328 e. The minimum atomic E-state index is -1.50. The molecule has 1 fully saturated rings. The highest BCUT2D eigenvalue weighted by molar-refractivity contribution is 6.00. The lowest BCUT2D eigenvalue weighted by Gasteiger charge is -2.36. The van der Waals surface area contributed by atoms with E-state index in [0.717, 1.165) is 23.9 Å². The molecule has 1 aliphatic rings. The molecule has 28 heavy (non-hydrogen) atoms. The molecule has 0 saturated heterocycles. The zero-order chi connectivity index (χ0) is 20.4. The van der Waals surface area contributed by atoms with Crippen molar-refractivity contribution in [2.24, 2.45) is 17.8 Å². The molecule has 1 heterocycles. The number of aromatic nitrogens is 2. The van der Waals surface area contributed by atoms with Crippen LogP contribution in [-0.4, -0.2) is 27.8 Å². The van der Waals surface area contributed by atoms with Gasteiger partial charge in [0.25, 0.3) is 5.56 Å². The van der Waals surface area contributed by atoms with Gasteiger partial charge in [-0.15, -0.1) is 0 Å². The Kier molecular flexibility index (Phi) is 5.82. The van der Waals surface area contributed by atoms with Crippen LogP contribution in [0, 0.1) is 17.8 Å². The minimum Gasteiger partial charge on any atom is -0.543 e. The average Bonchev–Trinajstić information content (AvgIpc) is 2.63. The van der Waals surface area contributed by atoms with Gasteiger partial charge in [-0.05, 0) is 36.7 Å². The quantitative estimate of drug-likeness (QED) is 0.727. The lowest BCUT2D eigenvalue weighted by atomic mass is 9.75. The van der Waals surface area contributed by atoms with Crippen molar-refractivity contribution < 1.29 is 19.4 Å². The van der Waals surface area contributed by atoms with Gasteiger partial charge < -0.3 is 14.6 Å². The number of fused-ring (bicyclic) bond motifs is 1. The second kappa shape index (κ2) is 8.12. The summed E-state index contributed by atoms with van der Waals surface area (Å²) in [6.45, 7) is 5.94. The van der Waals surface area contributed by atoms with E-state index in [9.17, 15) is 19.5 Å². The molecule has 3 rings (SSSR count). The van der Waals surface area contributed by atoms with Gasteiger partial charge in [0.2, 0.25) is 0 Å². The van der Waals surface area contributed by atoms with Crippen molar-refractivity contribution in [3.8, 4) is 0 Å². The zero-order valence-electron chi connectivity index (χ0n) is 16.4. The first-order valence-electron chi connectivity index (χ1n) is 9.68. The van der Waals surface area contributed by atoms with Crippen LogP contribution in [0.1, 0.15) is 50.5 Å². The number of nitrogens with zero attached hydrogens (tertiary/aromatic N) is 2. The minimum absolute atomic E-state index is 0.177. The molecule has 0 aliphatic heterocycles. The van der Waals surface area contributed by atoms with E-state index in [1.165, 1.54) is 12.1 Å². The average molecular weight is 385 g/mol. The van der Waals surface area contributed by atoms with Crippen LogP contribution in [0.5, 0.6) is 0 Å². The first-order valence-corrected chi connectivity index (χ1v) is 9.68. The number of aromatic carboxylic acids is 1. The van der Waals surface area contributed by atoms with E-state index < -0.39 is 24.0 Å². The van der Waals surface area contributed by atoms with Crippen LogP contribution < -0.4 is 10.7 Å². The maximum atomic E-state index is 12.6. The highest BCUT2D eigenvalue weighted by atomic mass is 16.5. The first-order chi connectivity index (χ1) is 13.3. The van der Waals surface area contributed by atoms with Crippen LogP contribution in [-0.2, 0) is 16.1 Å². The molecule has 2 aromatic rings. The van der Waals surface area contributed by atoms with E-state index in [1.807, 2.05) is 0 Å². The second-order valence-corrected chi connectivity index (χ2v) is 8.00. The number of hydrogen-bond acceptors (Lipinski definition) is 6. The van der Waals surface area contributed by atoms with Gasteiger partial charge in [0.05, 0.1) is 11.4 Å². The van der Waals surface area contributed by atoms with Gasteiger partial charge in [-0.1, -0.05) is 45.4 Å². The maximum absolute atomic E-state index is 12.6. The van der Waals surface area contributed by atoms with Gasteiger partial charge in [-0.3, -0.25) is 9.59 Å². The van der Waals surface area contributed by atoms with E-state index in [2.05, 4.69) is 25.9 Å². The van der Waals surface area contributed by atoms with Crippen molar-refractivity contribution in [2.75, 3.05) is 0 Å². The largest absolute Gasteiger partial charge is 0.543 e. The summed E-state index contributed by atoms with van der Waals surface area (Å²) >= 11 is 0. The van der Waals surface area contributed by atoms with Crippen molar-refractivity contribution in [3.05, 3.63) is 40.3 Å². The summed E-state index contributed by atoms with van der Waals surface area (Å²) in [7, 11) is 0. The molecule has 3 atom stereocenters. The van der Waals surface area contributed by atoms with E-state index in [-0.39, 0.29) is 28.5 Å². The molecule has 0 N–H and O–H groups in total. The normalized spacial score (nSPS) is 22.4. The number of rotatable bonds is 5. The van der Waals surface area contributed by atoms with E-state index in [0.29, 0.717) is 11.8 Å². The van der Waals surface area contributed by atoms with Gasteiger partial charge in [0, 0.05) is 5.39 Å². The molecule has 1 aromatic heterocycles. The highest BCUT2D eigenvalue weighted by Gasteiger charge is 2.33. The van der Waals surface area contributed by atoms with Crippen LogP contribution in [0.25, 0.3) is 10.8 Å². The monoisotopic (exact) mass is 385 g/mol. The third kappa shape index (κ3) is 4.08. The Bertz CT molecular complexity index is 949. The molecule has 7 nitrogen and oxygen atoms in total. The van der Waals surface area contributed by atoms with Crippen LogP contribution in [0.2, 0.25) is 0 Å². The molecule has 0 bridgehead atoms. The van der Waals surface area contributed by atoms with Gasteiger partial charge in [-0.2, -0.15) is 5.10 Å². The Hall–Kier alpha value is -2.70. The molecular weight excluding hydrogens is 360 g/mol. The Morgan fingerprint density at radius 1 is 1.25 bits per heavy atom. The Labute approximate surface area is 163 Å². The molecule has 0 amide bonds. The molecule has 1 saturated carbocycles. The van der Waals surface area contributed by atoms with E-state index in [4.69, 9.17) is 4.74 Å². The lowest BCUT2D eigenvalue weighted by Crippen LogP contribution is -2.38. The topological polar surface area (TPSA) is 101 Å². The van der Waals surface area contributed by atoms with Crippen LogP contribution in [0.3, 0.4) is 0 Å². The summed E-state index contributed by atoms with van der Waals surface area (Å²) in [6.07, 6.45) is 2.70. The van der Waals surface area contributed by atoms with Crippen molar-refractivity contribution >= 4 is 22.7 Å². The summed E-state index contributed by atoms with van der Waals surface area (Å²) in [5, 5.41) is 15.6. The second-order valence-electron chi connectivity index (χ2n) is 8.00. The number of carbonyl (C=O) groups is 2. The van der Waals surface area contributed by atoms with Crippen LogP contribution >= 0.6 is 0 Å². The molecule has 7 heteroatoms. The number of benzene rings is 1. The van der Waals surface area contributed by atoms with Crippen molar-refractivity contribution in [3.63, 3.8) is 0 Å². The molecule has 1 aliphatic carbocycles. The molecule has 0 unspecified atom stereocenters. The van der Waals surface area contributed by atoms with Gasteiger partial charge in [0.15, 0.2) is 0 Å². The predicted molar refractivity (Wildman–Crippen MR) is 102 cm³/mol. The fourth-order valence-electron chi connectivity index (χ4n) is 4.07. The fourth-order valence-corrected chi connectivity index (χ4v) is 4.07. The fraction of sp³-hybridized carbons (Fsp3) is 0.524. The summed E-state index contributed by atoms with van der Waals surface area (Å²) in [4.78, 5) is 36.6. The Morgan fingerprint density at radius 2 is 1.93 bits per heavy atom. The lowest BCUT2D eigenvalue weighted by molar-refractivity contribution is -0.255. The van der Waals surface area contributed by atoms with Gasteiger partial charge in [0.1, 0.15) is 18.3 Å². The summed E-state index contributed by atoms with van der Waals surface area (Å²) < 4.78 is 6.56. The number of esters is 1. The SMILES string of the molecule is CC(C)[C@@H]1CC[C@@H](C)C[C@H]1OC(=O)Cn1nc(C(=O)[O-])c2ccccc2c1=O. The van der Waals surface area contributed by atoms with Crippen molar-refractivity contribution in [1.29, 1.82) is 0 Å². The number of carboxylic acid groups (broad SMARTS) is 1. The van der Waals surface area contributed by atoms with Crippen molar-refractivity contribution in [2.45, 2.75) is 52.7 Å². The van der Waals surface area contributed by atoms with E-state index in [1.54, 1.807) is 12.1 Å². The number of carboxylic acids is 1. The van der Waals surface area contributed by atoms with Crippen LogP contribution in [0.15, 0.2) is 29.1 Å². The molecular formula is C21H25N2O5-. The third-order valence-electron chi connectivity index (χ3n) is 5.58. The predicted octanol–water partition coefficient (Wildman–Crippen LogP) is 1.76. The molecule has 150 valence electrons. The maximum Gasteiger partial charge on any atom is 0.328 e. The van der Waals surface area contributed by atoms with Crippen LogP contribution in [0.4, 0.5) is 0 Å². The Balaban J connectivity index is 1.86. The number of ether oxygens (including phenoxy) is 1.